The van der Waals surface area contributed by atoms with Gasteiger partial charge in [0.05, 0.1) is 22.2 Å². The van der Waals surface area contributed by atoms with Crippen LogP contribution in [-0.2, 0) is 0 Å². The van der Waals surface area contributed by atoms with Crippen molar-refractivity contribution in [2.75, 3.05) is 0 Å². The van der Waals surface area contributed by atoms with Crippen molar-refractivity contribution in [2.24, 2.45) is 0 Å². The number of hydrogen-bond acceptors (Lipinski definition) is 3. The van der Waals surface area contributed by atoms with E-state index in [-0.39, 0.29) is 5.56 Å². The van der Waals surface area contributed by atoms with Gasteiger partial charge in [0.1, 0.15) is 11.9 Å². The summed E-state index contributed by atoms with van der Waals surface area (Å²) in [4.78, 5) is 18.3. The van der Waals surface area contributed by atoms with E-state index >= 15 is 0 Å². The van der Waals surface area contributed by atoms with Gasteiger partial charge in [-0.2, -0.15) is 5.26 Å². The topological polar surface area (TPSA) is 89.8 Å². The van der Waals surface area contributed by atoms with Crippen LogP contribution in [0.2, 0.25) is 0 Å². The van der Waals surface area contributed by atoms with Crippen molar-refractivity contribution in [3.05, 3.63) is 65.5 Å². The number of nitrogens with one attached hydrogen (secondary N) is 1. The lowest BCUT2D eigenvalue weighted by atomic mass is 10.1. The molecule has 0 saturated heterocycles. The highest BCUT2D eigenvalue weighted by Crippen LogP contribution is 2.19. The van der Waals surface area contributed by atoms with E-state index in [1.54, 1.807) is 18.2 Å². The average Bonchev–Trinajstić information content (AvgIpc) is 2.96. The van der Waals surface area contributed by atoms with E-state index in [2.05, 4.69) is 16.0 Å². The Morgan fingerprint density at radius 1 is 1.18 bits per heavy atom. The normalized spacial score (nSPS) is 11.3. The molecule has 0 aliphatic heterocycles. The SMILES string of the molecule is N#C/C(=C/c1ccc(C(=O)O)cc1)c1nc2ccccc2[nH]1. The summed E-state index contributed by atoms with van der Waals surface area (Å²) in [7, 11) is 0. The van der Waals surface area contributed by atoms with Crippen LogP contribution in [0.15, 0.2) is 48.5 Å². The third-order valence-electron chi connectivity index (χ3n) is 3.23. The van der Waals surface area contributed by atoms with Crippen molar-refractivity contribution >= 4 is 28.7 Å². The van der Waals surface area contributed by atoms with Gasteiger partial charge in [0.2, 0.25) is 0 Å². The molecule has 5 heteroatoms. The zero-order valence-electron chi connectivity index (χ0n) is 11.4. The number of nitriles is 1. The summed E-state index contributed by atoms with van der Waals surface area (Å²) in [6.07, 6.45) is 1.67. The van der Waals surface area contributed by atoms with Gasteiger partial charge in [-0.05, 0) is 35.9 Å². The first-order chi connectivity index (χ1) is 10.7. The minimum absolute atomic E-state index is 0.208. The van der Waals surface area contributed by atoms with Crippen LogP contribution in [0.5, 0.6) is 0 Å². The Labute approximate surface area is 126 Å². The highest BCUT2D eigenvalue weighted by Gasteiger charge is 2.08. The number of carboxylic acids is 1. The van der Waals surface area contributed by atoms with Crippen LogP contribution < -0.4 is 0 Å². The molecule has 106 valence electrons. The molecule has 0 fully saturated rings. The summed E-state index contributed by atoms with van der Waals surface area (Å²) in [6.45, 7) is 0. The lowest BCUT2D eigenvalue weighted by Crippen LogP contribution is -1.95. The molecule has 5 nitrogen and oxygen atoms in total. The Hall–Kier alpha value is -3.39. The molecule has 1 aromatic heterocycles. The van der Waals surface area contributed by atoms with Crippen molar-refractivity contribution in [1.82, 2.24) is 9.97 Å². The number of allylic oxidation sites excluding steroid dienone is 1. The predicted molar refractivity (Wildman–Crippen MR) is 83.0 cm³/mol. The van der Waals surface area contributed by atoms with Crippen molar-refractivity contribution in [2.45, 2.75) is 0 Å². The number of carboxylic acid groups (broad SMARTS) is 1. The number of aromatic amines is 1. The number of nitrogens with zero attached hydrogens (tertiary/aromatic N) is 2. The number of aromatic carboxylic acids is 1. The van der Waals surface area contributed by atoms with Crippen LogP contribution in [0.1, 0.15) is 21.7 Å². The minimum atomic E-state index is -0.978. The summed E-state index contributed by atoms with van der Waals surface area (Å²) < 4.78 is 0. The Morgan fingerprint density at radius 3 is 2.55 bits per heavy atom. The Kier molecular flexibility index (Phi) is 3.42. The molecular formula is C17H11N3O2. The van der Waals surface area contributed by atoms with Gasteiger partial charge in [0.25, 0.3) is 0 Å². The summed E-state index contributed by atoms with van der Waals surface area (Å²) in [6, 6.07) is 16.0. The number of carbonyl (C=O) groups is 1. The third-order valence-corrected chi connectivity index (χ3v) is 3.23. The van der Waals surface area contributed by atoms with Crippen LogP contribution in [-0.4, -0.2) is 21.0 Å². The van der Waals surface area contributed by atoms with Crippen molar-refractivity contribution in [3.63, 3.8) is 0 Å². The molecule has 0 spiro atoms. The highest BCUT2D eigenvalue weighted by molar-refractivity contribution is 5.91. The largest absolute Gasteiger partial charge is 0.478 e. The van der Waals surface area contributed by atoms with Gasteiger partial charge in [-0.1, -0.05) is 24.3 Å². The number of benzene rings is 2. The molecule has 0 amide bonds. The van der Waals surface area contributed by atoms with Crippen molar-refractivity contribution in [3.8, 4) is 6.07 Å². The van der Waals surface area contributed by atoms with E-state index in [1.807, 2.05) is 24.3 Å². The Morgan fingerprint density at radius 2 is 1.91 bits per heavy atom. The number of H-pyrrole nitrogens is 1. The van der Waals surface area contributed by atoms with Gasteiger partial charge in [-0.15, -0.1) is 0 Å². The minimum Gasteiger partial charge on any atom is -0.478 e. The fourth-order valence-corrected chi connectivity index (χ4v) is 2.12. The van der Waals surface area contributed by atoms with Gasteiger partial charge < -0.3 is 10.1 Å². The molecule has 0 aliphatic carbocycles. The van der Waals surface area contributed by atoms with Crippen LogP contribution in [0.4, 0.5) is 0 Å². The molecule has 0 bridgehead atoms. The lowest BCUT2D eigenvalue weighted by molar-refractivity contribution is 0.0697. The standard InChI is InChI=1S/C17H11N3O2/c18-10-13(9-11-5-7-12(8-6-11)17(21)22)16-19-14-3-1-2-4-15(14)20-16/h1-9H,(H,19,20)(H,21,22)/b13-9-. The first-order valence-corrected chi connectivity index (χ1v) is 6.57. The zero-order chi connectivity index (χ0) is 15.5. The van der Waals surface area contributed by atoms with Gasteiger partial charge in [-0.25, -0.2) is 9.78 Å². The molecular weight excluding hydrogens is 278 g/mol. The molecule has 3 rings (SSSR count). The second-order valence-electron chi connectivity index (χ2n) is 4.70. The maximum atomic E-state index is 10.8. The fourth-order valence-electron chi connectivity index (χ4n) is 2.12. The summed E-state index contributed by atoms with van der Waals surface area (Å²) in [5, 5.41) is 18.2. The van der Waals surface area contributed by atoms with Gasteiger partial charge in [0, 0.05) is 0 Å². The van der Waals surface area contributed by atoms with E-state index in [1.165, 1.54) is 12.1 Å². The van der Waals surface area contributed by atoms with E-state index in [4.69, 9.17) is 5.11 Å². The zero-order valence-corrected chi connectivity index (χ0v) is 11.4. The number of aromatic nitrogens is 2. The first-order valence-electron chi connectivity index (χ1n) is 6.57. The van der Waals surface area contributed by atoms with Crippen molar-refractivity contribution < 1.29 is 9.90 Å². The molecule has 0 radical (unpaired) electrons. The third kappa shape index (κ3) is 2.58. The molecule has 0 saturated carbocycles. The summed E-state index contributed by atoms with van der Waals surface area (Å²) >= 11 is 0. The van der Waals surface area contributed by atoms with E-state index in [9.17, 15) is 10.1 Å². The predicted octanol–water partition coefficient (Wildman–Crippen LogP) is 3.33. The van der Waals surface area contributed by atoms with Gasteiger partial charge in [-0.3, -0.25) is 0 Å². The number of para-hydroxylation sites is 2. The monoisotopic (exact) mass is 289 g/mol. The van der Waals surface area contributed by atoms with E-state index in [0.29, 0.717) is 11.4 Å². The molecule has 1 heterocycles. The number of rotatable bonds is 3. The molecule has 3 aromatic rings. The van der Waals surface area contributed by atoms with Crippen LogP contribution in [0, 0.1) is 11.3 Å². The average molecular weight is 289 g/mol. The lowest BCUT2D eigenvalue weighted by Gasteiger charge is -1.97. The van der Waals surface area contributed by atoms with Crippen LogP contribution in [0.3, 0.4) is 0 Å². The fraction of sp³-hybridized carbons (Fsp3) is 0. The second-order valence-corrected chi connectivity index (χ2v) is 4.70. The number of imidazole rings is 1. The molecule has 2 aromatic carbocycles. The van der Waals surface area contributed by atoms with Crippen LogP contribution in [0.25, 0.3) is 22.7 Å². The maximum Gasteiger partial charge on any atom is 0.335 e. The van der Waals surface area contributed by atoms with Gasteiger partial charge in [0.15, 0.2) is 0 Å². The second kappa shape index (κ2) is 5.54. The van der Waals surface area contributed by atoms with Crippen LogP contribution >= 0.6 is 0 Å². The number of fused-ring (bicyclic) bond motifs is 1. The summed E-state index contributed by atoms with van der Waals surface area (Å²) in [5.41, 5.74) is 2.99. The Balaban J connectivity index is 1.99. The molecule has 0 atom stereocenters. The highest BCUT2D eigenvalue weighted by atomic mass is 16.4. The van der Waals surface area contributed by atoms with E-state index < -0.39 is 5.97 Å². The van der Waals surface area contributed by atoms with E-state index in [0.717, 1.165) is 16.6 Å². The number of hydrogen-bond donors (Lipinski definition) is 2. The molecule has 0 unspecified atom stereocenters. The maximum absolute atomic E-state index is 10.8. The van der Waals surface area contributed by atoms with Gasteiger partial charge >= 0.3 is 5.97 Å². The molecule has 22 heavy (non-hydrogen) atoms. The molecule has 0 aliphatic rings. The Bertz CT molecular complexity index is 882. The van der Waals surface area contributed by atoms with Crippen molar-refractivity contribution in [1.29, 1.82) is 5.26 Å². The quantitative estimate of drug-likeness (QED) is 0.724. The first kappa shape index (κ1) is 13.6. The molecule has 2 N–H and O–H groups in total. The smallest absolute Gasteiger partial charge is 0.335 e. The summed E-state index contributed by atoms with van der Waals surface area (Å²) in [5.74, 6) is -0.487.